The van der Waals surface area contributed by atoms with Gasteiger partial charge in [-0.05, 0) is 68.6 Å². The van der Waals surface area contributed by atoms with Crippen LogP contribution in [0.5, 0.6) is 0 Å². The van der Waals surface area contributed by atoms with Crippen LogP contribution < -0.4 is 0 Å². The van der Waals surface area contributed by atoms with Crippen molar-refractivity contribution >= 4 is 0 Å². The molecule has 4 nitrogen and oxygen atoms in total. The minimum Gasteiger partial charge on any atom is -0.394 e. The van der Waals surface area contributed by atoms with Gasteiger partial charge in [0.2, 0.25) is 0 Å². The van der Waals surface area contributed by atoms with Crippen LogP contribution in [-0.4, -0.2) is 45.3 Å². The Morgan fingerprint density at radius 2 is 1.71 bits per heavy atom. The predicted octanol–water partition coefficient (Wildman–Crippen LogP) is 2.88. The van der Waals surface area contributed by atoms with Crippen LogP contribution in [0.3, 0.4) is 0 Å². The van der Waals surface area contributed by atoms with Gasteiger partial charge in [0, 0.05) is 0 Å². The Morgan fingerprint density at radius 3 is 2.33 bits per heavy atom. The topological polar surface area (TPSA) is 69.9 Å². The number of aliphatic hydroxyl groups is 3. The van der Waals surface area contributed by atoms with E-state index in [4.69, 9.17) is 4.74 Å². The van der Waals surface area contributed by atoms with E-state index in [1.54, 1.807) is 6.92 Å². The molecule has 2 aliphatic carbocycles. The number of ether oxygens (including phenoxy) is 1. The standard InChI is InChI=1S/C20H36O4/c1-17(2)8-6-9-18(3)13(17)7-10-19(4)14(18)11-15(22)20(5,24-19)16(23)12-21/h13-16,21-23H,6-12H2,1-5H3/t13-,14+,15-,16?,18-,19+,20-/m0/s1. The zero-order valence-electron chi connectivity index (χ0n) is 16.0. The van der Waals surface area contributed by atoms with E-state index in [0.717, 1.165) is 12.8 Å². The van der Waals surface area contributed by atoms with Crippen molar-refractivity contribution in [1.29, 1.82) is 0 Å². The van der Waals surface area contributed by atoms with Gasteiger partial charge in [0.25, 0.3) is 0 Å². The number of aliphatic hydroxyl groups excluding tert-OH is 3. The molecule has 7 atom stereocenters. The lowest BCUT2D eigenvalue weighted by atomic mass is 9.44. The third-order valence-corrected chi connectivity index (χ3v) is 8.15. The van der Waals surface area contributed by atoms with Crippen LogP contribution in [0.4, 0.5) is 0 Å². The summed E-state index contributed by atoms with van der Waals surface area (Å²) >= 11 is 0. The predicted molar refractivity (Wildman–Crippen MR) is 93.6 cm³/mol. The largest absolute Gasteiger partial charge is 0.394 e. The van der Waals surface area contributed by atoms with Crippen molar-refractivity contribution in [3.05, 3.63) is 0 Å². The van der Waals surface area contributed by atoms with Crippen molar-refractivity contribution in [3.8, 4) is 0 Å². The maximum Gasteiger partial charge on any atom is 0.120 e. The van der Waals surface area contributed by atoms with Gasteiger partial charge < -0.3 is 20.1 Å². The summed E-state index contributed by atoms with van der Waals surface area (Å²) in [7, 11) is 0. The molecule has 0 radical (unpaired) electrons. The first kappa shape index (κ1) is 18.6. The molecule has 140 valence electrons. The average Bonchev–Trinajstić information content (AvgIpc) is 2.48. The number of hydrogen-bond donors (Lipinski definition) is 3. The van der Waals surface area contributed by atoms with Crippen molar-refractivity contribution in [1.82, 2.24) is 0 Å². The Bertz CT molecular complexity index is 492. The zero-order valence-corrected chi connectivity index (χ0v) is 16.0. The molecule has 1 saturated heterocycles. The van der Waals surface area contributed by atoms with Gasteiger partial charge in [0.15, 0.2) is 0 Å². The summed E-state index contributed by atoms with van der Waals surface area (Å²) in [6.45, 7) is 10.7. The van der Waals surface area contributed by atoms with Crippen molar-refractivity contribution in [2.75, 3.05) is 6.61 Å². The van der Waals surface area contributed by atoms with E-state index < -0.39 is 17.8 Å². The third-order valence-electron chi connectivity index (χ3n) is 8.15. The molecule has 4 heteroatoms. The van der Waals surface area contributed by atoms with Gasteiger partial charge in [0.1, 0.15) is 11.7 Å². The second-order valence-electron chi connectivity index (χ2n) is 10.0. The van der Waals surface area contributed by atoms with E-state index in [-0.39, 0.29) is 23.5 Å². The highest BCUT2D eigenvalue weighted by Crippen LogP contribution is 2.65. The molecule has 2 saturated carbocycles. The molecule has 0 amide bonds. The first-order valence-corrected chi connectivity index (χ1v) is 9.67. The van der Waals surface area contributed by atoms with E-state index in [2.05, 4.69) is 27.7 Å². The molecule has 3 rings (SSSR count). The van der Waals surface area contributed by atoms with Gasteiger partial charge >= 0.3 is 0 Å². The zero-order chi connectivity index (χ0) is 18.0. The molecule has 0 aromatic carbocycles. The molecule has 1 aliphatic heterocycles. The molecule has 1 unspecified atom stereocenters. The summed E-state index contributed by atoms with van der Waals surface area (Å²) in [5, 5.41) is 30.5. The molecular weight excluding hydrogens is 304 g/mol. The SMILES string of the molecule is CC1(C)CCC[C@]2(C)[C@H]3C[C@H](O)[C@@](C)(C(O)CO)O[C@]3(C)CC[C@@H]12. The van der Waals surface area contributed by atoms with Crippen molar-refractivity contribution in [3.63, 3.8) is 0 Å². The van der Waals surface area contributed by atoms with Crippen molar-refractivity contribution < 1.29 is 20.1 Å². The Balaban J connectivity index is 1.95. The summed E-state index contributed by atoms with van der Waals surface area (Å²) in [6, 6.07) is 0. The quantitative estimate of drug-likeness (QED) is 0.723. The van der Waals surface area contributed by atoms with Crippen LogP contribution in [-0.2, 0) is 4.74 Å². The molecule has 3 fully saturated rings. The molecule has 3 N–H and O–H groups in total. The fraction of sp³-hybridized carbons (Fsp3) is 1.00. The third kappa shape index (κ3) is 2.48. The molecule has 24 heavy (non-hydrogen) atoms. The Labute approximate surface area is 146 Å². The second-order valence-corrected chi connectivity index (χ2v) is 10.0. The van der Waals surface area contributed by atoms with E-state index in [1.807, 2.05) is 0 Å². The minimum atomic E-state index is -1.09. The monoisotopic (exact) mass is 340 g/mol. The van der Waals surface area contributed by atoms with Crippen LogP contribution in [0.15, 0.2) is 0 Å². The summed E-state index contributed by atoms with van der Waals surface area (Å²) in [5.74, 6) is 0.942. The lowest BCUT2D eigenvalue weighted by Crippen LogP contribution is -2.69. The van der Waals surface area contributed by atoms with E-state index in [0.29, 0.717) is 17.8 Å². The van der Waals surface area contributed by atoms with Gasteiger partial charge in [-0.2, -0.15) is 0 Å². The number of fused-ring (bicyclic) bond motifs is 3. The molecule has 0 spiro atoms. The average molecular weight is 341 g/mol. The highest BCUT2D eigenvalue weighted by atomic mass is 16.6. The van der Waals surface area contributed by atoms with Gasteiger partial charge in [-0.15, -0.1) is 0 Å². The minimum absolute atomic E-state index is 0.168. The number of hydrogen-bond acceptors (Lipinski definition) is 4. The van der Waals surface area contributed by atoms with E-state index >= 15 is 0 Å². The Morgan fingerprint density at radius 1 is 1.04 bits per heavy atom. The molecule has 0 aromatic heterocycles. The maximum absolute atomic E-state index is 10.8. The normalized spacial score (nSPS) is 52.2. The maximum atomic E-state index is 10.8. The van der Waals surface area contributed by atoms with Crippen LogP contribution in [0.1, 0.15) is 73.1 Å². The molecule has 3 aliphatic rings. The van der Waals surface area contributed by atoms with Crippen LogP contribution in [0.2, 0.25) is 0 Å². The van der Waals surface area contributed by atoms with Gasteiger partial charge in [-0.25, -0.2) is 0 Å². The van der Waals surface area contributed by atoms with Crippen LogP contribution >= 0.6 is 0 Å². The van der Waals surface area contributed by atoms with Crippen LogP contribution in [0.25, 0.3) is 0 Å². The summed E-state index contributed by atoms with van der Waals surface area (Å²) in [4.78, 5) is 0. The van der Waals surface area contributed by atoms with Gasteiger partial charge in [0.05, 0.1) is 18.3 Å². The lowest BCUT2D eigenvalue weighted by molar-refractivity contribution is -0.318. The lowest BCUT2D eigenvalue weighted by Gasteiger charge is -2.66. The summed E-state index contributed by atoms with van der Waals surface area (Å²) < 4.78 is 6.45. The van der Waals surface area contributed by atoms with E-state index in [9.17, 15) is 15.3 Å². The first-order chi connectivity index (χ1) is 11.0. The smallest absolute Gasteiger partial charge is 0.120 e. The highest BCUT2D eigenvalue weighted by molar-refractivity contribution is 5.13. The fourth-order valence-electron chi connectivity index (χ4n) is 6.75. The highest BCUT2D eigenvalue weighted by Gasteiger charge is 2.64. The van der Waals surface area contributed by atoms with Crippen molar-refractivity contribution in [2.45, 2.75) is 96.6 Å². The van der Waals surface area contributed by atoms with E-state index in [1.165, 1.54) is 19.3 Å². The molecule has 0 aromatic rings. The van der Waals surface area contributed by atoms with Gasteiger partial charge in [-0.1, -0.05) is 27.2 Å². The molecule has 1 heterocycles. The second kappa shape index (κ2) is 5.67. The van der Waals surface area contributed by atoms with Crippen molar-refractivity contribution in [2.24, 2.45) is 22.7 Å². The first-order valence-electron chi connectivity index (χ1n) is 9.67. The fourth-order valence-corrected chi connectivity index (χ4v) is 6.75. The molecule has 0 bridgehead atoms. The van der Waals surface area contributed by atoms with Gasteiger partial charge in [-0.3, -0.25) is 0 Å². The Hall–Kier alpha value is -0.160. The van der Waals surface area contributed by atoms with Crippen LogP contribution in [0, 0.1) is 22.7 Å². The Kier molecular flexibility index (Phi) is 4.40. The number of rotatable bonds is 2. The molecular formula is C20H36O4. The summed E-state index contributed by atoms with van der Waals surface area (Å²) in [5.41, 5.74) is -0.929. The summed E-state index contributed by atoms with van der Waals surface area (Å²) in [6.07, 6.45) is 4.64.